The van der Waals surface area contributed by atoms with E-state index in [9.17, 15) is 0 Å². The molecule has 3 heteroatoms. The van der Waals surface area contributed by atoms with Gasteiger partial charge in [-0.05, 0) is 18.3 Å². The van der Waals surface area contributed by atoms with Gasteiger partial charge in [-0.3, -0.25) is 0 Å². The molecule has 2 heterocycles. The number of ether oxygens (including phenoxy) is 1. The third-order valence-electron chi connectivity index (χ3n) is 3.46. The van der Waals surface area contributed by atoms with E-state index in [4.69, 9.17) is 4.74 Å². The Labute approximate surface area is 97.7 Å². The summed E-state index contributed by atoms with van der Waals surface area (Å²) in [7, 11) is 0. The topological polar surface area (TPSA) is 12.5 Å². The van der Waals surface area contributed by atoms with Gasteiger partial charge in [0.2, 0.25) is 0 Å². The number of rotatable bonds is 3. The molecule has 2 nitrogen and oxygen atoms in total. The van der Waals surface area contributed by atoms with Crippen molar-refractivity contribution in [3.63, 3.8) is 0 Å². The first-order valence-electron chi connectivity index (χ1n) is 6.17. The molecule has 2 unspecified atom stereocenters. The Morgan fingerprint density at radius 1 is 1.47 bits per heavy atom. The zero-order valence-corrected chi connectivity index (χ0v) is 10.8. The predicted molar refractivity (Wildman–Crippen MR) is 66.5 cm³/mol. The van der Waals surface area contributed by atoms with E-state index in [0.29, 0.717) is 0 Å². The zero-order valence-electron chi connectivity index (χ0n) is 9.95. The molecule has 0 saturated carbocycles. The molecule has 2 fully saturated rings. The fraction of sp³-hybridized carbons (Fsp3) is 1.00. The van der Waals surface area contributed by atoms with Gasteiger partial charge < -0.3 is 9.64 Å². The molecular formula is C12H23NOS. The van der Waals surface area contributed by atoms with E-state index in [0.717, 1.165) is 30.3 Å². The van der Waals surface area contributed by atoms with Crippen LogP contribution in [0.5, 0.6) is 0 Å². The molecule has 0 amide bonds. The van der Waals surface area contributed by atoms with Crippen molar-refractivity contribution in [3.05, 3.63) is 0 Å². The third-order valence-corrected chi connectivity index (χ3v) is 5.00. The average Bonchev–Trinajstić information content (AvgIpc) is 2.71. The van der Waals surface area contributed by atoms with E-state index >= 15 is 0 Å². The maximum absolute atomic E-state index is 5.44. The highest BCUT2D eigenvalue weighted by molar-refractivity contribution is 8.00. The Morgan fingerprint density at radius 2 is 2.33 bits per heavy atom. The summed E-state index contributed by atoms with van der Waals surface area (Å²) in [6, 6.07) is 0. The minimum atomic E-state index is 0.806. The smallest absolute Gasteiger partial charge is 0.0507 e. The van der Waals surface area contributed by atoms with E-state index in [-0.39, 0.29) is 0 Å². The second-order valence-electron chi connectivity index (χ2n) is 5.14. The van der Waals surface area contributed by atoms with Crippen LogP contribution in [-0.4, -0.2) is 48.8 Å². The molecular weight excluding hydrogens is 206 g/mol. The van der Waals surface area contributed by atoms with Crippen LogP contribution >= 0.6 is 11.8 Å². The van der Waals surface area contributed by atoms with Crippen molar-refractivity contribution in [2.24, 2.45) is 11.8 Å². The molecule has 0 aromatic carbocycles. The lowest BCUT2D eigenvalue weighted by molar-refractivity contribution is 0.166. The van der Waals surface area contributed by atoms with E-state index in [1.165, 1.54) is 31.8 Å². The highest BCUT2D eigenvalue weighted by atomic mass is 32.2. The second kappa shape index (κ2) is 5.55. The highest BCUT2D eigenvalue weighted by Gasteiger charge is 2.25. The summed E-state index contributed by atoms with van der Waals surface area (Å²) in [4.78, 5) is 2.65. The Kier molecular flexibility index (Phi) is 4.35. The molecule has 2 aliphatic heterocycles. The molecule has 2 aliphatic rings. The lowest BCUT2D eigenvalue weighted by Crippen LogP contribution is -2.42. The first-order chi connectivity index (χ1) is 7.25. The van der Waals surface area contributed by atoms with Gasteiger partial charge in [-0.15, -0.1) is 0 Å². The lowest BCUT2D eigenvalue weighted by Gasteiger charge is -2.35. The Hall–Kier alpha value is 0.270. The summed E-state index contributed by atoms with van der Waals surface area (Å²) in [5.41, 5.74) is 0. The fourth-order valence-corrected chi connectivity index (χ4v) is 3.76. The van der Waals surface area contributed by atoms with E-state index in [2.05, 4.69) is 30.5 Å². The van der Waals surface area contributed by atoms with Gasteiger partial charge >= 0.3 is 0 Å². The van der Waals surface area contributed by atoms with Crippen LogP contribution in [0.2, 0.25) is 0 Å². The van der Waals surface area contributed by atoms with Gasteiger partial charge in [0, 0.05) is 37.2 Å². The first kappa shape index (κ1) is 11.7. The first-order valence-corrected chi connectivity index (χ1v) is 7.22. The maximum Gasteiger partial charge on any atom is 0.0507 e. The van der Waals surface area contributed by atoms with Crippen molar-refractivity contribution < 1.29 is 4.74 Å². The van der Waals surface area contributed by atoms with Gasteiger partial charge in [-0.2, -0.15) is 11.8 Å². The Morgan fingerprint density at radius 3 is 3.00 bits per heavy atom. The highest BCUT2D eigenvalue weighted by Crippen LogP contribution is 2.26. The molecule has 88 valence electrons. The van der Waals surface area contributed by atoms with Crippen molar-refractivity contribution >= 4 is 11.8 Å². The second-order valence-corrected chi connectivity index (χ2v) is 6.49. The summed E-state index contributed by atoms with van der Waals surface area (Å²) >= 11 is 2.16. The molecule has 0 aromatic rings. The molecule has 0 bridgehead atoms. The summed E-state index contributed by atoms with van der Waals surface area (Å²) in [6.07, 6.45) is 1.27. The number of thioether (sulfide) groups is 1. The average molecular weight is 229 g/mol. The van der Waals surface area contributed by atoms with Crippen molar-refractivity contribution in [1.82, 2.24) is 4.90 Å². The van der Waals surface area contributed by atoms with Crippen LogP contribution in [0.4, 0.5) is 0 Å². The van der Waals surface area contributed by atoms with Gasteiger partial charge in [0.1, 0.15) is 0 Å². The minimum absolute atomic E-state index is 0.806. The predicted octanol–water partition coefficient (Wildman–Crippen LogP) is 2.10. The van der Waals surface area contributed by atoms with Crippen LogP contribution in [-0.2, 0) is 4.74 Å². The van der Waals surface area contributed by atoms with Crippen LogP contribution in [0.15, 0.2) is 0 Å². The van der Waals surface area contributed by atoms with Gasteiger partial charge in [-0.25, -0.2) is 0 Å². The van der Waals surface area contributed by atoms with Crippen LogP contribution in [0, 0.1) is 11.8 Å². The number of hydrogen-bond acceptors (Lipinski definition) is 3. The fourth-order valence-electron chi connectivity index (χ4n) is 2.39. The largest absolute Gasteiger partial charge is 0.381 e. The molecule has 0 radical (unpaired) electrons. The standard InChI is InChI=1S/C12H23NOS/c1-10(2)12-8-13(4-6-15-12)7-11-3-5-14-9-11/h10-12H,3-9H2,1-2H3. The molecule has 0 aliphatic carbocycles. The van der Waals surface area contributed by atoms with Crippen LogP contribution in [0.25, 0.3) is 0 Å². The minimum Gasteiger partial charge on any atom is -0.381 e. The molecule has 2 saturated heterocycles. The van der Waals surface area contributed by atoms with Crippen LogP contribution in [0.3, 0.4) is 0 Å². The SMILES string of the molecule is CC(C)C1CN(CC2CCOC2)CCS1. The maximum atomic E-state index is 5.44. The van der Waals surface area contributed by atoms with Crippen LogP contribution in [0.1, 0.15) is 20.3 Å². The monoisotopic (exact) mass is 229 g/mol. The Bertz CT molecular complexity index is 190. The number of nitrogens with zero attached hydrogens (tertiary/aromatic N) is 1. The van der Waals surface area contributed by atoms with Crippen molar-refractivity contribution in [1.29, 1.82) is 0 Å². The molecule has 15 heavy (non-hydrogen) atoms. The summed E-state index contributed by atoms with van der Waals surface area (Å²) in [6.45, 7) is 10.5. The lowest BCUT2D eigenvalue weighted by atomic mass is 10.1. The quantitative estimate of drug-likeness (QED) is 0.735. The van der Waals surface area contributed by atoms with Crippen LogP contribution < -0.4 is 0 Å². The molecule has 0 spiro atoms. The molecule has 0 N–H and O–H groups in total. The summed E-state index contributed by atoms with van der Waals surface area (Å²) in [5, 5.41) is 0.848. The van der Waals surface area contributed by atoms with Crippen molar-refractivity contribution in [2.75, 3.05) is 38.6 Å². The molecule has 0 aromatic heterocycles. The third kappa shape index (κ3) is 3.36. The van der Waals surface area contributed by atoms with E-state index < -0.39 is 0 Å². The van der Waals surface area contributed by atoms with E-state index in [1.54, 1.807) is 0 Å². The Balaban J connectivity index is 1.76. The normalized spacial score (nSPS) is 33.8. The van der Waals surface area contributed by atoms with Gasteiger partial charge in [-0.1, -0.05) is 13.8 Å². The van der Waals surface area contributed by atoms with Gasteiger partial charge in [0.25, 0.3) is 0 Å². The van der Waals surface area contributed by atoms with E-state index in [1.807, 2.05) is 0 Å². The summed E-state index contributed by atoms with van der Waals surface area (Å²) in [5.74, 6) is 2.94. The molecule has 2 rings (SSSR count). The van der Waals surface area contributed by atoms with Crippen molar-refractivity contribution in [3.8, 4) is 0 Å². The molecule has 2 atom stereocenters. The zero-order chi connectivity index (χ0) is 10.7. The summed E-state index contributed by atoms with van der Waals surface area (Å²) < 4.78 is 5.44. The number of hydrogen-bond donors (Lipinski definition) is 0. The van der Waals surface area contributed by atoms with Gasteiger partial charge in [0.15, 0.2) is 0 Å². The van der Waals surface area contributed by atoms with Gasteiger partial charge in [0.05, 0.1) is 6.61 Å². The van der Waals surface area contributed by atoms with Crippen molar-refractivity contribution in [2.45, 2.75) is 25.5 Å².